The van der Waals surface area contributed by atoms with Gasteiger partial charge in [0.2, 0.25) is 0 Å². The van der Waals surface area contributed by atoms with Gasteiger partial charge in [0.1, 0.15) is 0 Å². The fourth-order valence-corrected chi connectivity index (χ4v) is 5.88. The number of rotatable bonds is 9. The van der Waals surface area contributed by atoms with Gasteiger partial charge in [-0.25, -0.2) is 0 Å². The number of hydrogen-bond acceptors (Lipinski definition) is 4. The molecule has 34 heavy (non-hydrogen) atoms. The van der Waals surface area contributed by atoms with Crippen molar-refractivity contribution in [2.75, 3.05) is 6.61 Å². The minimum absolute atomic E-state index is 0.0117. The van der Waals surface area contributed by atoms with Crippen LogP contribution in [0.2, 0.25) is 0 Å². The summed E-state index contributed by atoms with van der Waals surface area (Å²) in [6, 6.07) is 0. The molecule has 1 N–H and O–H groups in total. The van der Waals surface area contributed by atoms with Crippen molar-refractivity contribution in [3.05, 3.63) is 12.2 Å². The van der Waals surface area contributed by atoms with Crippen molar-refractivity contribution in [3.8, 4) is 0 Å². The highest BCUT2D eigenvalue weighted by molar-refractivity contribution is 5.77. The zero-order valence-electron chi connectivity index (χ0n) is 18.2. The molecule has 0 spiro atoms. The van der Waals surface area contributed by atoms with Gasteiger partial charge in [0.25, 0.3) is 0 Å². The second-order valence-electron chi connectivity index (χ2n) is 9.98. The number of ether oxygens (including phenoxy) is 2. The summed E-state index contributed by atoms with van der Waals surface area (Å²) in [5.41, 5.74) is -1.80. The molecule has 196 valence electrons. The summed E-state index contributed by atoms with van der Waals surface area (Å²) in [4.78, 5) is 12.8. The van der Waals surface area contributed by atoms with E-state index in [1.165, 1.54) is 6.92 Å². The lowest BCUT2D eigenvalue weighted by molar-refractivity contribution is -0.397. The maximum absolute atomic E-state index is 13.7. The summed E-state index contributed by atoms with van der Waals surface area (Å²) < 4.78 is 128. The van der Waals surface area contributed by atoms with Crippen LogP contribution in [0.25, 0.3) is 0 Å². The second-order valence-corrected chi connectivity index (χ2v) is 9.98. The Balaban J connectivity index is 1.69. The van der Waals surface area contributed by atoms with Gasteiger partial charge in [0, 0.05) is 0 Å². The molecule has 3 atom stereocenters. The number of halogens is 9. The van der Waals surface area contributed by atoms with E-state index >= 15 is 0 Å². The number of alkyl halides is 9. The van der Waals surface area contributed by atoms with Crippen molar-refractivity contribution in [2.45, 2.75) is 87.7 Å². The quantitative estimate of drug-likeness (QED) is 0.188. The van der Waals surface area contributed by atoms with E-state index in [4.69, 9.17) is 9.47 Å². The lowest BCUT2D eigenvalue weighted by Gasteiger charge is -2.60. The predicted molar refractivity (Wildman–Crippen MR) is 98.2 cm³/mol. The predicted octanol–water partition coefficient (Wildman–Crippen LogP) is 5.64. The average molecular weight is 512 g/mol. The molecule has 0 heterocycles. The van der Waals surface area contributed by atoms with Crippen LogP contribution in [0, 0.1) is 17.3 Å². The average Bonchev–Trinajstić information content (AvgIpc) is 2.65. The van der Waals surface area contributed by atoms with Gasteiger partial charge in [-0.2, -0.15) is 39.5 Å². The fourth-order valence-electron chi connectivity index (χ4n) is 5.88. The van der Waals surface area contributed by atoms with E-state index in [9.17, 15) is 49.4 Å². The summed E-state index contributed by atoms with van der Waals surface area (Å²) in [6.07, 6.45) is -7.95. The highest BCUT2D eigenvalue weighted by atomic mass is 19.4. The molecule has 4 saturated carbocycles. The molecule has 0 amide bonds. The van der Waals surface area contributed by atoms with Gasteiger partial charge in [0.15, 0.2) is 6.29 Å². The maximum Gasteiger partial charge on any atom is 0.460 e. The first-order valence-electron chi connectivity index (χ1n) is 10.7. The van der Waals surface area contributed by atoms with E-state index in [0.29, 0.717) is 31.3 Å². The van der Waals surface area contributed by atoms with Crippen molar-refractivity contribution in [1.82, 2.24) is 0 Å². The Bertz CT molecular complexity index is 810. The third-order valence-electron chi connectivity index (χ3n) is 7.08. The van der Waals surface area contributed by atoms with Crippen LogP contribution in [0.5, 0.6) is 0 Å². The summed E-state index contributed by atoms with van der Waals surface area (Å²) in [5.74, 6) is -20.6. The van der Waals surface area contributed by atoms with Crippen LogP contribution in [-0.2, 0) is 14.3 Å². The van der Waals surface area contributed by atoms with Crippen molar-refractivity contribution < 1.29 is 58.9 Å². The van der Waals surface area contributed by atoms with Gasteiger partial charge < -0.3 is 14.6 Å². The standard InChI is InChI=1S/C21H25F9O4/c1-11(2)14(31)34-17-8-12-5-13(9-17)7-16(6-12,10-17)15(32)33-4-3-18(22,23)19(24,25)20(26,27)21(28,29)30/h12-14,31H,1,3-10H2,2H3. The lowest BCUT2D eigenvalue weighted by Crippen LogP contribution is -2.61. The van der Waals surface area contributed by atoms with Gasteiger partial charge in [-0.05, 0) is 62.9 Å². The Hall–Kier alpha value is -1.50. The van der Waals surface area contributed by atoms with E-state index < -0.39 is 60.2 Å². The largest absolute Gasteiger partial charge is 0.465 e. The number of aliphatic hydroxyl groups is 1. The zero-order valence-corrected chi connectivity index (χ0v) is 18.2. The van der Waals surface area contributed by atoms with Crippen molar-refractivity contribution in [3.63, 3.8) is 0 Å². The molecule has 0 aromatic rings. The molecule has 0 aliphatic heterocycles. The minimum Gasteiger partial charge on any atom is -0.465 e. The van der Waals surface area contributed by atoms with Crippen molar-refractivity contribution >= 4 is 5.97 Å². The van der Waals surface area contributed by atoms with Crippen molar-refractivity contribution in [2.24, 2.45) is 17.3 Å². The SMILES string of the molecule is C=C(C)C(O)OC12CC3CC(C1)CC(C(=O)OCCC(F)(F)C(F)(F)C(F)(F)C(F)(F)F)(C3)C2. The van der Waals surface area contributed by atoms with Gasteiger partial charge in [-0.15, -0.1) is 0 Å². The molecule has 0 aromatic heterocycles. The Kier molecular flexibility index (Phi) is 6.60. The van der Waals surface area contributed by atoms with Crippen molar-refractivity contribution in [1.29, 1.82) is 0 Å². The number of carbonyl (C=O) groups excluding carboxylic acids is 1. The molecule has 3 unspecified atom stereocenters. The Morgan fingerprint density at radius 2 is 1.53 bits per heavy atom. The molecule has 4 fully saturated rings. The lowest BCUT2D eigenvalue weighted by atomic mass is 9.48. The number of aliphatic hydroxyl groups excluding tert-OH is 1. The Morgan fingerprint density at radius 1 is 1.00 bits per heavy atom. The van der Waals surface area contributed by atoms with E-state index in [0.717, 1.165) is 6.42 Å². The highest BCUT2D eigenvalue weighted by Crippen LogP contribution is 2.63. The summed E-state index contributed by atoms with van der Waals surface area (Å²) in [5, 5.41) is 10.1. The van der Waals surface area contributed by atoms with Gasteiger partial charge >= 0.3 is 29.9 Å². The number of hydrogen-bond donors (Lipinski definition) is 1. The van der Waals surface area contributed by atoms with Crippen LogP contribution >= 0.6 is 0 Å². The van der Waals surface area contributed by atoms with Crippen LogP contribution < -0.4 is 0 Å². The monoisotopic (exact) mass is 512 g/mol. The van der Waals surface area contributed by atoms with E-state index in [1.54, 1.807) is 0 Å². The third-order valence-corrected chi connectivity index (χ3v) is 7.08. The molecular formula is C21H25F9O4. The normalized spacial score (nSPS) is 32.6. The van der Waals surface area contributed by atoms with E-state index in [1.807, 2.05) is 0 Å². The first-order valence-corrected chi connectivity index (χ1v) is 10.7. The molecule has 4 rings (SSSR count). The van der Waals surface area contributed by atoms with Gasteiger partial charge in [0.05, 0.1) is 24.0 Å². The Labute approximate surface area is 189 Å². The molecule has 13 heteroatoms. The summed E-state index contributed by atoms with van der Waals surface area (Å²) in [7, 11) is 0. The molecule has 0 saturated heterocycles. The molecule has 4 bridgehead atoms. The summed E-state index contributed by atoms with van der Waals surface area (Å²) in [6.45, 7) is 3.66. The first kappa shape index (κ1) is 27.1. The van der Waals surface area contributed by atoms with Crippen LogP contribution in [0.4, 0.5) is 39.5 Å². The second kappa shape index (κ2) is 8.28. The molecular weight excluding hydrogens is 487 g/mol. The zero-order chi connectivity index (χ0) is 26.0. The molecule has 0 aromatic carbocycles. The number of carbonyl (C=O) groups is 1. The fraction of sp³-hybridized carbons (Fsp3) is 0.857. The molecule has 4 aliphatic rings. The minimum atomic E-state index is -6.98. The smallest absolute Gasteiger partial charge is 0.460 e. The third kappa shape index (κ3) is 4.42. The molecule has 4 aliphatic carbocycles. The van der Waals surface area contributed by atoms with Gasteiger partial charge in [-0.1, -0.05) is 6.58 Å². The van der Waals surface area contributed by atoms with Crippen LogP contribution in [-0.4, -0.2) is 53.5 Å². The van der Waals surface area contributed by atoms with Gasteiger partial charge in [-0.3, -0.25) is 4.79 Å². The molecule has 4 nitrogen and oxygen atoms in total. The van der Waals surface area contributed by atoms with E-state index in [-0.39, 0.29) is 18.3 Å². The van der Waals surface area contributed by atoms with Crippen LogP contribution in [0.3, 0.4) is 0 Å². The Morgan fingerprint density at radius 3 is 2.00 bits per heavy atom. The highest BCUT2D eigenvalue weighted by Gasteiger charge is 2.81. The molecule has 0 radical (unpaired) electrons. The van der Waals surface area contributed by atoms with E-state index in [2.05, 4.69) is 6.58 Å². The van der Waals surface area contributed by atoms with Crippen LogP contribution in [0.15, 0.2) is 12.2 Å². The first-order chi connectivity index (χ1) is 15.3. The summed E-state index contributed by atoms with van der Waals surface area (Å²) >= 11 is 0. The van der Waals surface area contributed by atoms with Crippen LogP contribution in [0.1, 0.15) is 51.9 Å². The maximum atomic E-state index is 13.7. The topological polar surface area (TPSA) is 55.8 Å². The number of esters is 1.